The molecule has 2 N–H and O–H groups in total. The molecule has 16 heavy (non-hydrogen) atoms. The first kappa shape index (κ1) is 11.8. The van der Waals surface area contributed by atoms with Gasteiger partial charge in [0.1, 0.15) is 0 Å². The zero-order chi connectivity index (χ0) is 11.5. The van der Waals surface area contributed by atoms with Gasteiger partial charge in [-0.05, 0) is 13.3 Å². The highest BCUT2D eigenvalue weighted by atomic mass is 32.1. The van der Waals surface area contributed by atoms with Gasteiger partial charge in [0, 0.05) is 18.0 Å². The summed E-state index contributed by atoms with van der Waals surface area (Å²) in [5.74, 6) is 0. The normalized spacial score (nSPS) is 23.4. The van der Waals surface area contributed by atoms with Crippen LogP contribution in [0.15, 0.2) is 5.38 Å². The third-order valence-corrected chi connectivity index (χ3v) is 3.82. The highest BCUT2D eigenvalue weighted by molar-refractivity contribution is 7.13. The first-order chi connectivity index (χ1) is 7.72. The minimum atomic E-state index is 0.0196. The molecule has 2 unspecified atom stereocenters. The molecule has 0 radical (unpaired) electrons. The Labute approximate surface area is 100 Å². The molecule has 1 aliphatic heterocycles. The molecule has 2 rings (SSSR count). The van der Waals surface area contributed by atoms with Crippen LogP contribution in [0.5, 0.6) is 0 Å². The van der Waals surface area contributed by atoms with E-state index in [1.165, 1.54) is 0 Å². The number of rotatable bonds is 3. The highest BCUT2D eigenvalue weighted by Crippen LogP contribution is 2.27. The van der Waals surface area contributed by atoms with Crippen molar-refractivity contribution in [3.8, 4) is 0 Å². The third-order valence-electron chi connectivity index (χ3n) is 2.92. The van der Waals surface area contributed by atoms with Gasteiger partial charge in [-0.1, -0.05) is 6.92 Å². The van der Waals surface area contributed by atoms with Gasteiger partial charge >= 0.3 is 0 Å². The number of anilines is 1. The molecule has 0 aliphatic carbocycles. The molecule has 2 atom stereocenters. The van der Waals surface area contributed by atoms with Crippen molar-refractivity contribution in [1.29, 1.82) is 0 Å². The van der Waals surface area contributed by atoms with Gasteiger partial charge in [0.05, 0.1) is 24.9 Å². The van der Waals surface area contributed by atoms with Crippen LogP contribution in [0.25, 0.3) is 0 Å². The summed E-state index contributed by atoms with van der Waals surface area (Å²) >= 11 is 1.68. The molecule has 0 saturated carbocycles. The number of thiazole rings is 1. The Morgan fingerprint density at radius 3 is 3.19 bits per heavy atom. The average molecular weight is 241 g/mol. The van der Waals surface area contributed by atoms with E-state index in [1.807, 2.05) is 6.92 Å². The van der Waals surface area contributed by atoms with E-state index in [1.54, 1.807) is 11.3 Å². The van der Waals surface area contributed by atoms with Gasteiger partial charge in [0.2, 0.25) is 0 Å². The third kappa shape index (κ3) is 2.36. The predicted molar refractivity (Wildman–Crippen MR) is 67.0 cm³/mol. The van der Waals surface area contributed by atoms with Crippen LogP contribution in [0, 0.1) is 0 Å². The molecular weight excluding hydrogens is 222 g/mol. The summed E-state index contributed by atoms with van der Waals surface area (Å²) in [5.41, 5.74) is 6.81. The molecule has 1 aromatic heterocycles. The first-order valence-corrected chi connectivity index (χ1v) is 6.65. The van der Waals surface area contributed by atoms with Crippen LogP contribution >= 0.6 is 11.3 Å². The lowest BCUT2D eigenvalue weighted by Crippen LogP contribution is -2.45. The van der Waals surface area contributed by atoms with Crippen molar-refractivity contribution in [2.75, 3.05) is 24.7 Å². The maximum absolute atomic E-state index is 5.82. The Hall–Kier alpha value is -0.650. The molecule has 1 aliphatic rings. The quantitative estimate of drug-likeness (QED) is 0.876. The smallest absolute Gasteiger partial charge is 0.185 e. The summed E-state index contributed by atoms with van der Waals surface area (Å²) < 4.78 is 5.49. The van der Waals surface area contributed by atoms with E-state index in [9.17, 15) is 0 Å². The fraction of sp³-hybridized carbons (Fsp3) is 0.727. The van der Waals surface area contributed by atoms with E-state index in [0.717, 1.165) is 37.0 Å². The van der Waals surface area contributed by atoms with Gasteiger partial charge in [0.25, 0.3) is 0 Å². The number of hydrogen-bond donors (Lipinski definition) is 1. The van der Waals surface area contributed by atoms with Crippen molar-refractivity contribution < 1.29 is 4.74 Å². The van der Waals surface area contributed by atoms with Gasteiger partial charge in [-0.3, -0.25) is 0 Å². The second-order valence-corrected chi connectivity index (χ2v) is 5.01. The second-order valence-electron chi connectivity index (χ2n) is 4.17. The predicted octanol–water partition coefficient (Wildman–Crippen LogP) is 1.78. The summed E-state index contributed by atoms with van der Waals surface area (Å²) in [6.07, 6.45) is 1.09. The van der Waals surface area contributed by atoms with Gasteiger partial charge < -0.3 is 15.4 Å². The molecule has 5 heteroatoms. The first-order valence-electron chi connectivity index (χ1n) is 5.77. The molecule has 1 aromatic rings. The van der Waals surface area contributed by atoms with E-state index in [2.05, 4.69) is 22.2 Å². The van der Waals surface area contributed by atoms with Crippen LogP contribution < -0.4 is 10.6 Å². The van der Waals surface area contributed by atoms with Crippen LogP contribution in [0.3, 0.4) is 0 Å². The summed E-state index contributed by atoms with van der Waals surface area (Å²) in [6, 6.07) is 0.479. The van der Waals surface area contributed by atoms with Crippen LogP contribution in [0.2, 0.25) is 0 Å². The number of nitrogens with two attached hydrogens (primary N) is 1. The fourth-order valence-corrected chi connectivity index (χ4v) is 2.89. The maximum atomic E-state index is 5.82. The molecule has 1 fully saturated rings. The Morgan fingerprint density at radius 1 is 1.75 bits per heavy atom. The lowest BCUT2D eigenvalue weighted by molar-refractivity contribution is 0.0929. The molecule has 1 saturated heterocycles. The zero-order valence-electron chi connectivity index (χ0n) is 9.85. The van der Waals surface area contributed by atoms with Crippen molar-refractivity contribution >= 4 is 16.5 Å². The SMILES string of the molecule is CCC1COCCN1c1nc(C(C)N)cs1. The van der Waals surface area contributed by atoms with Crippen molar-refractivity contribution in [3.05, 3.63) is 11.1 Å². The van der Waals surface area contributed by atoms with E-state index < -0.39 is 0 Å². The monoisotopic (exact) mass is 241 g/mol. The minimum Gasteiger partial charge on any atom is -0.377 e. The molecule has 0 spiro atoms. The Balaban J connectivity index is 2.14. The molecule has 90 valence electrons. The van der Waals surface area contributed by atoms with E-state index in [0.29, 0.717) is 6.04 Å². The number of aromatic nitrogens is 1. The lowest BCUT2D eigenvalue weighted by atomic mass is 10.2. The average Bonchev–Trinajstić information content (AvgIpc) is 2.78. The van der Waals surface area contributed by atoms with Crippen LogP contribution in [-0.4, -0.2) is 30.8 Å². The van der Waals surface area contributed by atoms with Gasteiger partial charge in [-0.2, -0.15) is 0 Å². The molecule has 2 heterocycles. The van der Waals surface area contributed by atoms with Crippen molar-refractivity contribution in [2.45, 2.75) is 32.4 Å². The van der Waals surface area contributed by atoms with Crippen molar-refractivity contribution in [3.63, 3.8) is 0 Å². The summed E-state index contributed by atoms with van der Waals surface area (Å²) in [4.78, 5) is 6.94. The lowest BCUT2D eigenvalue weighted by Gasteiger charge is -2.34. The fourth-order valence-electron chi connectivity index (χ4n) is 1.86. The summed E-state index contributed by atoms with van der Waals surface area (Å²) in [5, 5.41) is 3.14. The molecule has 0 bridgehead atoms. The molecule has 0 aromatic carbocycles. The van der Waals surface area contributed by atoms with Crippen LogP contribution in [0.1, 0.15) is 32.0 Å². The Morgan fingerprint density at radius 2 is 2.56 bits per heavy atom. The molecule has 4 nitrogen and oxygen atoms in total. The number of morpholine rings is 1. The number of hydrogen-bond acceptors (Lipinski definition) is 5. The Kier molecular flexibility index (Phi) is 3.78. The number of ether oxygens (including phenoxy) is 1. The standard InChI is InChI=1S/C11H19N3OS/c1-3-9-6-15-5-4-14(9)11-13-10(7-16-11)8(2)12/h7-9H,3-6,12H2,1-2H3. The zero-order valence-corrected chi connectivity index (χ0v) is 10.7. The van der Waals surface area contributed by atoms with Crippen molar-refractivity contribution in [1.82, 2.24) is 4.98 Å². The molecule has 0 amide bonds. The topological polar surface area (TPSA) is 51.4 Å². The largest absolute Gasteiger partial charge is 0.377 e. The van der Waals surface area contributed by atoms with E-state index in [4.69, 9.17) is 10.5 Å². The second kappa shape index (κ2) is 5.12. The Bertz CT molecular complexity index is 340. The minimum absolute atomic E-state index is 0.0196. The van der Waals surface area contributed by atoms with Crippen molar-refractivity contribution in [2.24, 2.45) is 5.73 Å². The van der Waals surface area contributed by atoms with E-state index in [-0.39, 0.29) is 6.04 Å². The number of nitrogens with zero attached hydrogens (tertiary/aromatic N) is 2. The van der Waals surface area contributed by atoms with E-state index >= 15 is 0 Å². The summed E-state index contributed by atoms with van der Waals surface area (Å²) in [7, 11) is 0. The van der Waals surface area contributed by atoms with Crippen LogP contribution in [0.4, 0.5) is 5.13 Å². The van der Waals surface area contributed by atoms with Gasteiger partial charge in [0.15, 0.2) is 5.13 Å². The van der Waals surface area contributed by atoms with Gasteiger partial charge in [-0.15, -0.1) is 11.3 Å². The molecular formula is C11H19N3OS. The maximum Gasteiger partial charge on any atom is 0.185 e. The summed E-state index contributed by atoms with van der Waals surface area (Å²) in [6.45, 7) is 6.69. The van der Waals surface area contributed by atoms with Gasteiger partial charge in [-0.25, -0.2) is 4.98 Å². The van der Waals surface area contributed by atoms with Crippen LogP contribution in [-0.2, 0) is 4.74 Å². The highest BCUT2D eigenvalue weighted by Gasteiger charge is 2.24.